The minimum atomic E-state index is -3.54. The number of rotatable bonds is 6. The second-order valence-corrected chi connectivity index (χ2v) is 7.58. The van der Waals surface area contributed by atoms with Crippen molar-refractivity contribution in [3.05, 3.63) is 35.0 Å². The van der Waals surface area contributed by atoms with Gasteiger partial charge in [0.15, 0.2) is 0 Å². The van der Waals surface area contributed by atoms with Crippen molar-refractivity contribution >= 4 is 10.0 Å². The molecule has 0 saturated heterocycles. The Morgan fingerprint density at radius 3 is 2.45 bits per heavy atom. The third kappa shape index (κ3) is 3.78. The van der Waals surface area contributed by atoms with Gasteiger partial charge >= 0.3 is 0 Å². The quantitative estimate of drug-likeness (QED) is 0.884. The largest absolute Gasteiger partial charge is 0.465 e. The highest BCUT2D eigenvalue weighted by molar-refractivity contribution is 7.89. The summed E-state index contributed by atoms with van der Waals surface area (Å²) in [7, 11) is -3.54. The zero-order valence-corrected chi connectivity index (χ0v) is 14.5. The molecule has 7 heteroatoms. The topological polar surface area (TPSA) is 77.1 Å². The van der Waals surface area contributed by atoms with Crippen molar-refractivity contribution in [1.82, 2.24) is 14.5 Å². The van der Waals surface area contributed by atoms with Crippen LogP contribution in [0.3, 0.4) is 0 Å². The molecule has 0 unspecified atom stereocenters. The van der Waals surface area contributed by atoms with E-state index in [1.807, 2.05) is 31.5 Å². The molecule has 2 heterocycles. The van der Waals surface area contributed by atoms with Crippen molar-refractivity contribution in [3.8, 4) is 0 Å². The van der Waals surface area contributed by atoms with E-state index in [1.54, 1.807) is 19.9 Å². The lowest BCUT2D eigenvalue weighted by Gasteiger charge is -2.14. The van der Waals surface area contributed by atoms with Crippen LogP contribution in [0, 0.1) is 33.6 Å². The molecule has 22 heavy (non-hydrogen) atoms. The summed E-state index contributed by atoms with van der Waals surface area (Å²) in [5.41, 5.74) is 2.04. The fourth-order valence-corrected chi connectivity index (χ4v) is 3.82. The fourth-order valence-electron chi connectivity index (χ4n) is 2.42. The summed E-state index contributed by atoms with van der Waals surface area (Å²) < 4.78 is 34.4. The van der Waals surface area contributed by atoms with E-state index in [2.05, 4.69) is 9.82 Å². The number of sulfonamides is 1. The molecule has 0 aliphatic heterocycles. The number of hydrogen-bond donors (Lipinski definition) is 1. The molecule has 0 bridgehead atoms. The third-order valence-electron chi connectivity index (χ3n) is 3.49. The molecule has 6 nitrogen and oxygen atoms in total. The lowest BCUT2D eigenvalue weighted by atomic mass is 10.2. The van der Waals surface area contributed by atoms with Crippen LogP contribution in [-0.4, -0.2) is 24.7 Å². The molecule has 2 aromatic rings. The van der Waals surface area contributed by atoms with Crippen molar-refractivity contribution in [1.29, 1.82) is 0 Å². The van der Waals surface area contributed by atoms with E-state index in [-0.39, 0.29) is 10.8 Å². The molecule has 2 aromatic heterocycles. The molecule has 0 aromatic carbocycles. The smallest absolute Gasteiger partial charge is 0.244 e. The molecule has 0 saturated carbocycles. The van der Waals surface area contributed by atoms with Crippen molar-refractivity contribution in [3.63, 3.8) is 0 Å². The van der Waals surface area contributed by atoms with E-state index in [9.17, 15) is 8.42 Å². The Kier molecular flexibility index (Phi) is 4.77. The lowest BCUT2D eigenvalue weighted by molar-refractivity contribution is 0.435. The van der Waals surface area contributed by atoms with Crippen molar-refractivity contribution in [2.45, 2.75) is 46.1 Å². The summed E-state index contributed by atoms with van der Waals surface area (Å²) in [5, 5.41) is 4.39. The standard InChI is InChI=1S/C15H23N3O3S/c1-10(9-18-12(3)6-11(2)17-18)8-16-22(19,20)15-7-13(4)21-14(15)5/h6-7,10,16H,8-9H2,1-5H3/t10-/m1/s1. The number of nitrogens with one attached hydrogen (secondary N) is 1. The highest BCUT2D eigenvalue weighted by Gasteiger charge is 2.21. The minimum absolute atomic E-state index is 0.126. The number of aryl methyl sites for hydroxylation is 4. The van der Waals surface area contributed by atoms with Gasteiger partial charge in [0, 0.05) is 18.8 Å². The molecule has 2 rings (SSSR count). The van der Waals surface area contributed by atoms with Gasteiger partial charge in [-0.25, -0.2) is 13.1 Å². The molecule has 0 radical (unpaired) electrons. The first-order valence-corrected chi connectivity index (χ1v) is 8.75. The van der Waals surface area contributed by atoms with Gasteiger partial charge in [0.05, 0.1) is 5.69 Å². The Hall–Kier alpha value is -1.60. The van der Waals surface area contributed by atoms with Gasteiger partial charge in [-0.2, -0.15) is 5.10 Å². The summed E-state index contributed by atoms with van der Waals surface area (Å²) >= 11 is 0. The molecule has 122 valence electrons. The van der Waals surface area contributed by atoms with Crippen molar-refractivity contribution in [2.24, 2.45) is 5.92 Å². The van der Waals surface area contributed by atoms with Gasteiger partial charge in [0.1, 0.15) is 16.4 Å². The first kappa shape index (κ1) is 16.8. The molecule has 1 atom stereocenters. The monoisotopic (exact) mass is 325 g/mol. The summed E-state index contributed by atoms with van der Waals surface area (Å²) in [6, 6.07) is 3.55. The third-order valence-corrected chi connectivity index (χ3v) is 5.03. The lowest BCUT2D eigenvalue weighted by Crippen LogP contribution is -2.30. The van der Waals surface area contributed by atoms with Crippen LogP contribution in [0.2, 0.25) is 0 Å². The Balaban J connectivity index is 2.00. The van der Waals surface area contributed by atoms with E-state index < -0.39 is 10.0 Å². The maximum absolute atomic E-state index is 12.3. The average molecular weight is 325 g/mol. The maximum Gasteiger partial charge on any atom is 0.244 e. The fraction of sp³-hybridized carbons (Fsp3) is 0.533. The zero-order chi connectivity index (χ0) is 16.5. The summed E-state index contributed by atoms with van der Waals surface area (Å²) in [4.78, 5) is 0.211. The van der Waals surface area contributed by atoms with Gasteiger partial charge in [-0.3, -0.25) is 4.68 Å². The van der Waals surface area contributed by atoms with Crippen molar-refractivity contribution < 1.29 is 12.8 Å². The maximum atomic E-state index is 12.3. The van der Waals surface area contributed by atoms with Gasteiger partial charge in [-0.15, -0.1) is 0 Å². The van der Waals surface area contributed by atoms with Gasteiger partial charge in [0.25, 0.3) is 0 Å². The second-order valence-electron chi connectivity index (χ2n) is 5.84. The van der Waals surface area contributed by atoms with Crippen LogP contribution < -0.4 is 4.72 Å². The second kappa shape index (κ2) is 6.26. The molecule has 0 fully saturated rings. The van der Waals surface area contributed by atoms with E-state index in [0.717, 1.165) is 11.4 Å². The highest BCUT2D eigenvalue weighted by Crippen LogP contribution is 2.19. The van der Waals surface area contributed by atoms with Gasteiger partial charge in [-0.1, -0.05) is 6.92 Å². The number of furan rings is 1. The molecule has 0 aliphatic carbocycles. The number of nitrogens with zero attached hydrogens (tertiary/aromatic N) is 2. The minimum Gasteiger partial charge on any atom is -0.465 e. The molecular weight excluding hydrogens is 302 g/mol. The van der Waals surface area contributed by atoms with Crippen molar-refractivity contribution in [2.75, 3.05) is 6.54 Å². The van der Waals surface area contributed by atoms with Crippen LogP contribution in [0.4, 0.5) is 0 Å². The number of aromatic nitrogens is 2. The van der Waals surface area contributed by atoms with Crippen LogP contribution in [0.5, 0.6) is 0 Å². The van der Waals surface area contributed by atoms with E-state index >= 15 is 0 Å². The molecule has 0 spiro atoms. The van der Waals surface area contributed by atoms with Crippen LogP contribution in [-0.2, 0) is 16.6 Å². The average Bonchev–Trinajstić information content (AvgIpc) is 2.90. The van der Waals surface area contributed by atoms with Crippen LogP contribution >= 0.6 is 0 Å². The first-order valence-electron chi connectivity index (χ1n) is 7.27. The summed E-state index contributed by atoms with van der Waals surface area (Å²) in [6.07, 6.45) is 0. The number of hydrogen-bond acceptors (Lipinski definition) is 4. The summed E-state index contributed by atoms with van der Waals surface area (Å²) in [5.74, 6) is 1.13. The first-order chi connectivity index (χ1) is 10.2. The van der Waals surface area contributed by atoms with E-state index in [1.165, 1.54) is 0 Å². The zero-order valence-electron chi connectivity index (χ0n) is 13.7. The van der Waals surface area contributed by atoms with Crippen LogP contribution in [0.15, 0.2) is 21.4 Å². The van der Waals surface area contributed by atoms with E-state index in [4.69, 9.17) is 4.42 Å². The Bertz CT molecular complexity index is 759. The van der Waals surface area contributed by atoms with Gasteiger partial charge in [0.2, 0.25) is 10.0 Å². The SMILES string of the molecule is Cc1cc(C)n(C[C@H](C)CNS(=O)(=O)c2cc(C)oc2C)n1. The van der Waals surface area contributed by atoms with Crippen LogP contribution in [0.25, 0.3) is 0 Å². The molecule has 0 amide bonds. The summed E-state index contributed by atoms with van der Waals surface area (Å²) in [6.45, 7) is 10.3. The van der Waals surface area contributed by atoms with E-state index in [0.29, 0.717) is 24.6 Å². The predicted molar refractivity (Wildman–Crippen MR) is 84.2 cm³/mol. The normalized spacial score (nSPS) is 13.5. The Morgan fingerprint density at radius 2 is 1.95 bits per heavy atom. The molecular formula is C15H23N3O3S. The predicted octanol–water partition coefficient (Wildman–Crippen LogP) is 2.32. The van der Waals surface area contributed by atoms with Gasteiger partial charge < -0.3 is 4.42 Å². The highest BCUT2D eigenvalue weighted by atomic mass is 32.2. The Labute approximate surface area is 131 Å². The molecule has 0 aliphatic rings. The Morgan fingerprint density at radius 1 is 1.27 bits per heavy atom. The molecule has 1 N–H and O–H groups in total. The van der Waals surface area contributed by atoms with Gasteiger partial charge in [-0.05, 0) is 45.7 Å². The van der Waals surface area contributed by atoms with Crippen LogP contribution in [0.1, 0.15) is 29.8 Å².